The molecule has 0 fully saturated rings. The van der Waals surface area contributed by atoms with E-state index in [0.717, 1.165) is 10.7 Å². The third-order valence-electron chi connectivity index (χ3n) is 2.90. The highest BCUT2D eigenvalue weighted by molar-refractivity contribution is 7.13. The van der Waals surface area contributed by atoms with Crippen molar-refractivity contribution in [2.24, 2.45) is 5.73 Å². The fraction of sp³-hybridized carbons (Fsp3) is 0.333. The molecule has 0 radical (unpaired) electrons. The number of thiazole rings is 1. The number of hydrogen-bond donors (Lipinski definition) is 2. The molecule has 0 unspecified atom stereocenters. The lowest BCUT2D eigenvalue weighted by atomic mass is 10.1. The summed E-state index contributed by atoms with van der Waals surface area (Å²) in [7, 11) is 0. The van der Waals surface area contributed by atoms with E-state index in [0.29, 0.717) is 17.9 Å². The van der Waals surface area contributed by atoms with Gasteiger partial charge in [-0.2, -0.15) is 0 Å². The molecule has 2 aromatic rings. The molecule has 3 N–H and O–H groups in total. The van der Waals surface area contributed by atoms with Crippen molar-refractivity contribution < 1.29 is 9.13 Å². The summed E-state index contributed by atoms with van der Waals surface area (Å²) < 4.78 is 18.8. The molecule has 0 atom stereocenters. The molecule has 0 aliphatic rings. The van der Waals surface area contributed by atoms with Gasteiger partial charge in [-0.25, -0.2) is 9.37 Å². The molecule has 1 aromatic heterocycles. The van der Waals surface area contributed by atoms with E-state index in [4.69, 9.17) is 15.9 Å². The monoisotopic (exact) mass is 307 g/mol. The molecule has 0 spiro atoms. The van der Waals surface area contributed by atoms with Gasteiger partial charge in [0.2, 0.25) is 0 Å². The van der Waals surface area contributed by atoms with Gasteiger partial charge in [0.05, 0.1) is 22.2 Å². The van der Waals surface area contributed by atoms with Gasteiger partial charge in [0.1, 0.15) is 5.84 Å². The van der Waals surface area contributed by atoms with Gasteiger partial charge in [-0.3, -0.25) is 5.41 Å². The zero-order valence-corrected chi connectivity index (χ0v) is 12.8. The number of para-hydroxylation sites is 1. The lowest BCUT2D eigenvalue weighted by molar-refractivity contribution is 0.305. The highest BCUT2D eigenvalue weighted by atomic mass is 32.1. The van der Waals surface area contributed by atoms with E-state index < -0.39 is 0 Å². The van der Waals surface area contributed by atoms with Crippen LogP contribution < -0.4 is 10.5 Å². The van der Waals surface area contributed by atoms with Crippen LogP contribution in [0, 0.1) is 11.2 Å². The Kier molecular flexibility index (Phi) is 4.90. The third-order valence-corrected chi connectivity index (χ3v) is 4.06. The molecule has 0 amide bonds. The van der Waals surface area contributed by atoms with Crippen molar-refractivity contribution >= 4 is 17.2 Å². The molecule has 0 aliphatic heterocycles. The average Bonchev–Trinajstić information content (AvgIpc) is 2.85. The van der Waals surface area contributed by atoms with Crippen LogP contribution in [0.3, 0.4) is 0 Å². The van der Waals surface area contributed by atoms with Crippen LogP contribution >= 0.6 is 11.3 Å². The molecule has 0 aliphatic carbocycles. The maximum Gasteiger partial charge on any atom is 0.165 e. The van der Waals surface area contributed by atoms with Gasteiger partial charge in [-0.15, -0.1) is 11.3 Å². The van der Waals surface area contributed by atoms with Crippen LogP contribution in [0.4, 0.5) is 4.39 Å². The Morgan fingerprint density at radius 3 is 2.71 bits per heavy atom. The quantitative estimate of drug-likeness (QED) is 0.635. The Balaban J connectivity index is 2.02. The summed E-state index contributed by atoms with van der Waals surface area (Å²) in [4.78, 5) is 5.22. The number of ether oxygens (including phenoxy) is 1. The molecular formula is C15H18FN3OS. The number of benzene rings is 1. The number of nitrogens with zero attached hydrogens (tertiary/aromatic N) is 1. The first-order valence-electron chi connectivity index (χ1n) is 6.70. The highest BCUT2D eigenvalue weighted by Gasteiger charge is 2.16. The van der Waals surface area contributed by atoms with E-state index in [2.05, 4.69) is 4.98 Å². The van der Waals surface area contributed by atoms with Gasteiger partial charge in [0, 0.05) is 6.42 Å². The highest BCUT2D eigenvalue weighted by Crippen LogP contribution is 2.25. The first kappa shape index (κ1) is 15.4. The topological polar surface area (TPSA) is 72.0 Å². The van der Waals surface area contributed by atoms with E-state index in [9.17, 15) is 4.39 Å². The maximum atomic E-state index is 13.4. The Hall–Kier alpha value is -1.95. The molecule has 0 saturated heterocycles. The minimum absolute atomic E-state index is 0.0393. The van der Waals surface area contributed by atoms with Crippen molar-refractivity contribution in [2.75, 3.05) is 6.61 Å². The van der Waals surface area contributed by atoms with E-state index in [1.165, 1.54) is 17.4 Å². The fourth-order valence-corrected chi connectivity index (χ4v) is 2.94. The molecule has 1 heterocycles. The first-order chi connectivity index (χ1) is 9.99. The largest absolute Gasteiger partial charge is 0.490 e. The Bertz CT molecular complexity index is 640. The van der Waals surface area contributed by atoms with E-state index in [-0.39, 0.29) is 23.3 Å². The normalized spacial score (nSPS) is 10.9. The summed E-state index contributed by atoms with van der Waals surface area (Å²) in [5, 5.41) is 8.44. The van der Waals surface area contributed by atoms with Crippen LogP contribution in [0.25, 0.3) is 0 Å². The van der Waals surface area contributed by atoms with E-state index >= 15 is 0 Å². The Morgan fingerprint density at radius 1 is 1.43 bits per heavy atom. The van der Waals surface area contributed by atoms with Crippen molar-refractivity contribution in [1.29, 1.82) is 5.41 Å². The molecule has 1 aromatic carbocycles. The van der Waals surface area contributed by atoms with Gasteiger partial charge >= 0.3 is 0 Å². The summed E-state index contributed by atoms with van der Waals surface area (Å²) in [6.45, 7) is 4.37. The number of amidine groups is 1. The smallest absolute Gasteiger partial charge is 0.165 e. The SMILES string of the molecule is CC(C)c1nc(CCOc2ccccc2F)sc1C(=N)N. The minimum atomic E-state index is -0.371. The number of halogens is 1. The van der Waals surface area contributed by atoms with Crippen LogP contribution in [0.2, 0.25) is 0 Å². The van der Waals surface area contributed by atoms with Crippen LogP contribution in [0.1, 0.15) is 35.3 Å². The van der Waals surface area contributed by atoms with E-state index in [1.807, 2.05) is 13.8 Å². The summed E-state index contributed by atoms with van der Waals surface area (Å²) in [5.74, 6) is 0.118. The predicted molar refractivity (Wildman–Crippen MR) is 82.8 cm³/mol. The molecule has 6 heteroatoms. The number of nitrogen functional groups attached to an aromatic ring is 1. The van der Waals surface area contributed by atoms with Crippen molar-refractivity contribution in [1.82, 2.24) is 4.98 Å². The average molecular weight is 307 g/mol. The van der Waals surface area contributed by atoms with Crippen LogP contribution in [0.15, 0.2) is 24.3 Å². The number of nitrogens with two attached hydrogens (primary N) is 1. The molecule has 4 nitrogen and oxygen atoms in total. The van der Waals surface area contributed by atoms with Crippen LogP contribution in [-0.2, 0) is 6.42 Å². The summed E-state index contributed by atoms with van der Waals surface area (Å²) in [5.41, 5.74) is 6.42. The van der Waals surface area contributed by atoms with Gasteiger partial charge in [0.25, 0.3) is 0 Å². The molecule has 2 rings (SSSR count). The second kappa shape index (κ2) is 6.67. The predicted octanol–water partition coefficient (Wildman–Crippen LogP) is 3.31. The summed E-state index contributed by atoms with van der Waals surface area (Å²) in [6.07, 6.45) is 0.562. The van der Waals surface area contributed by atoms with Crippen LogP contribution in [0.5, 0.6) is 5.75 Å². The number of nitrogens with one attached hydrogen (secondary N) is 1. The van der Waals surface area contributed by atoms with Gasteiger partial charge < -0.3 is 10.5 Å². The van der Waals surface area contributed by atoms with Gasteiger partial charge in [-0.05, 0) is 18.1 Å². The van der Waals surface area contributed by atoms with Crippen molar-refractivity contribution in [2.45, 2.75) is 26.2 Å². The first-order valence-corrected chi connectivity index (χ1v) is 7.52. The van der Waals surface area contributed by atoms with Crippen molar-refractivity contribution in [3.63, 3.8) is 0 Å². The Morgan fingerprint density at radius 2 is 2.14 bits per heavy atom. The number of hydrogen-bond acceptors (Lipinski definition) is 4. The molecule has 21 heavy (non-hydrogen) atoms. The molecule has 0 bridgehead atoms. The lowest BCUT2D eigenvalue weighted by Crippen LogP contribution is -2.12. The standard InChI is InChI=1S/C15H18FN3OS/c1-9(2)13-14(15(17)18)21-12(19-13)7-8-20-11-6-4-3-5-10(11)16/h3-6,9H,7-8H2,1-2H3,(H3,17,18). The number of rotatable bonds is 6. The van der Waals surface area contributed by atoms with Crippen molar-refractivity contribution in [3.05, 3.63) is 45.7 Å². The van der Waals surface area contributed by atoms with Crippen LogP contribution in [-0.4, -0.2) is 17.4 Å². The lowest BCUT2D eigenvalue weighted by Gasteiger charge is -2.05. The second-order valence-electron chi connectivity index (χ2n) is 4.92. The summed E-state index contributed by atoms with van der Waals surface area (Å²) >= 11 is 1.40. The zero-order valence-electron chi connectivity index (χ0n) is 12.0. The fourth-order valence-electron chi connectivity index (χ4n) is 1.88. The van der Waals surface area contributed by atoms with Crippen molar-refractivity contribution in [3.8, 4) is 5.75 Å². The van der Waals surface area contributed by atoms with Gasteiger partial charge in [0.15, 0.2) is 11.6 Å². The molecule has 112 valence electrons. The second-order valence-corrected chi connectivity index (χ2v) is 6.00. The number of aromatic nitrogens is 1. The zero-order chi connectivity index (χ0) is 15.4. The summed E-state index contributed by atoms with van der Waals surface area (Å²) in [6, 6.07) is 6.31. The minimum Gasteiger partial charge on any atom is -0.490 e. The van der Waals surface area contributed by atoms with Gasteiger partial charge in [-0.1, -0.05) is 26.0 Å². The Labute approximate surface area is 127 Å². The third kappa shape index (κ3) is 3.78. The van der Waals surface area contributed by atoms with E-state index in [1.54, 1.807) is 18.2 Å². The molecule has 0 saturated carbocycles. The molecular weight excluding hydrogens is 289 g/mol. The maximum absolute atomic E-state index is 13.4.